The van der Waals surface area contributed by atoms with Crippen molar-refractivity contribution in [3.63, 3.8) is 0 Å². The maximum atomic E-state index is 11.6. The van der Waals surface area contributed by atoms with Crippen LogP contribution < -0.4 is 4.72 Å². The molecule has 0 atom stereocenters. The zero-order valence-corrected chi connectivity index (χ0v) is 11.4. The van der Waals surface area contributed by atoms with Crippen molar-refractivity contribution in [2.45, 2.75) is 20.3 Å². The molecule has 0 bridgehead atoms. The van der Waals surface area contributed by atoms with Crippen LogP contribution >= 0.6 is 11.3 Å². The number of nitrogens with zero attached hydrogens (tertiary/aromatic N) is 1. The fourth-order valence-electron chi connectivity index (χ4n) is 1.53. The molecule has 1 aromatic carbocycles. The first-order valence-electron chi connectivity index (χ1n) is 5.38. The van der Waals surface area contributed by atoms with Crippen LogP contribution in [-0.4, -0.2) is 19.2 Å². The molecule has 4 nitrogen and oxygen atoms in total. The van der Waals surface area contributed by atoms with E-state index in [0.717, 1.165) is 15.8 Å². The highest BCUT2D eigenvalue weighted by Gasteiger charge is 2.12. The summed E-state index contributed by atoms with van der Waals surface area (Å²) in [5, 5.41) is 0.444. The Kier molecular flexibility index (Phi) is 3.35. The highest BCUT2D eigenvalue weighted by atomic mass is 32.2. The summed E-state index contributed by atoms with van der Waals surface area (Å²) in [5.74, 6) is 0.127. The minimum atomic E-state index is -3.24. The van der Waals surface area contributed by atoms with E-state index in [1.165, 1.54) is 11.3 Å². The Hall–Kier alpha value is -1.14. The smallest absolute Gasteiger partial charge is 0.234 e. The van der Waals surface area contributed by atoms with Crippen LogP contribution in [0.4, 0.5) is 5.13 Å². The predicted molar refractivity (Wildman–Crippen MR) is 72.1 cm³/mol. The van der Waals surface area contributed by atoms with Crippen LogP contribution in [0.1, 0.15) is 18.9 Å². The monoisotopic (exact) mass is 270 g/mol. The van der Waals surface area contributed by atoms with Gasteiger partial charge in [0, 0.05) is 0 Å². The molecule has 0 spiro atoms. The summed E-state index contributed by atoms with van der Waals surface area (Å²) in [6.07, 6.45) is 0.597. The van der Waals surface area contributed by atoms with Crippen LogP contribution in [0.15, 0.2) is 18.2 Å². The fraction of sp³-hybridized carbons (Fsp3) is 0.364. The molecule has 1 aromatic heterocycles. The topological polar surface area (TPSA) is 59.1 Å². The van der Waals surface area contributed by atoms with Crippen LogP contribution in [-0.2, 0) is 10.0 Å². The summed E-state index contributed by atoms with van der Waals surface area (Å²) in [5.41, 5.74) is 1.97. The lowest BCUT2D eigenvalue weighted by molar-refractivity contribution is 0.600. The van der Waals surface area contributed by atoms with Crippen molar-refractivity contribution < 1.29 is 8.42 Å². The van der Waals surface area contributed by atoms with Crippen molar-refractivity contribution in [2.75, 3.05) is 10.5 Å². The first-order chi connectivity index (χ1) is 8.00. The van der Waals surface area contributed by atoms with Gasteiger partial charge in [0.25, 0.3) is 0 Å². The number of hydrogen-bond acceptors (Lipinski definition) is 4. The third-order valence-corrected chi connectivity index (χ3v) is 4.77. The predicted octanol–water partition coefficient (Wildman–Crippen LogP) is 2.76. The van der Waals surface area contributed by atoms with E-state index >= 15 is 0 Å². The molecule has 0 radical (unpaired) electrons. The Balaban J connectivity index is 2.31. The summed E-state index contributed by atoms with van der Waals surface area (Å²) < 4.78 is 26.7. The molecule has 0 fully saturated rings. The van der Waals surface area contributed by atoms with Gasteiger partial charge in [0.2, 0.25) is 10.0 Å². The van der Waals surface area contributed by atoms with Crippen LogP contribution in [0.25, 0.3) is 10.2 Å². The molecule has 0 aliphatic carbocycles. The lowest BCUT2D eigenvalue weighted by Gasteiger charge is -2.01. The first kappa shape index (κ1) is 12.3. The molecule has 6 heteroatoms. The second-order valence-electron chi connectivity index (χ2n) is 3.91. The van der Waals surface area contributed by atoms with Crippen molar-refractivity contribution in [1.29, 1.82) is 0 Å². The van der Waals surface area contributed by atoms with Crippen molar-refractivity contribution >= 4 is 36.7 Å². The molecular formula is C11H14N2O2S2. The molecule has 1 heterocycles. The first-order valence-corrected chi connectivity index (χ1v) is 7.85. The molecule has 2 rings (SSSR count). The number of fused-ring (bicyclic) bond motifs is 1. The van der Waals surface area contributed by atoms with E-state index in [-0.39, 0.29) is 5.75 Å². The normalized spacial score (nSPS) is 11.9. The maximum Gasteiger partial charge on any atom is 0.234 e. The average Bonchev–Trinajstić information content (AvgIpc) is 2.57. The Morgan fingerprint density at radius 1 is 1.41 bits per heavy atom. The third-order valence-electron chi connectivity index (χ3n) is 2.26. The SMILES string of the molecule is CCCS(=O)(=O)Nc1nc2ccc(C)cc2s1. The molecule has 2 aromatic rings. The molecular weight excluding hydrogens is 256 g/mol. The Bertz CT molecular complexity index is 632. The van der Waals surface area contributed by atoms with Gasteiger partial charge in [-0.2, -0.15) is 0 Å². The molecule has 92 valence electrons. The maximum absolute atomic E-state index is 11.6. The van der Waals surface area contributed by atoms with Crippen molar-refractivity contribution in [3.8, 4) is 0 Å². The van der Waals surface area contributed by atoms with E-state index in [2.05, 4.69) is 9.71 Å². The van der Waals surface area contributed by atoms with Gasteiger partial charge in [0.1, 0.15) is 0 Å². The van der Waals surface area contributed by atoms with Gasteiger partial charge in [-0.05, 0) is 31.0 Å². The van der Waals surface area contributed by atoms with E-state index in [0.29, 0.717) is 11.6 Å². The number of benzene rings is 1. The molecule has 17 heavy (non-hydrogen) atoms. The largest absolute Gasteiger partial charge is 0.259 e. The minimum absolute atomic E-state index is 0.127. The van der Waals surface area contributed by atoms with E-state index in [4.69, 9.17) is 0 Å². The molecule has 0 unspecified atom stereocenters. The van der Waals surface area contributed by atoms with Gasteiger partial charge in [-0.15, -0.1) is 0 Å². The van der Waals surface area contributed by atoms with Gasteiger partial charge in [-0.3, -0.25) is 4.72 Å². The van der Waals surface area contributed by atoms with Crippen molar-refractivity contribution in [1.82, 2.24) is 4.98 Å². The highest BCUT2D eigenvalue weighted by Crippen LogP contribution is 2.27. The summed E-state index contributed by atoms with van der Waals surface area (Å²) in [4.78, 5) is 4.25. The van der Waals surface area contributed by atoms with E-state index < -0.39 is 10.0 Å². The number of thiazole rings is 1. The molecule has 0 saturated carbocycles. The second-order valence-corrected chi connectivity index (χ2v) is 6.78. The summed E-state index contributed by atoms with van der Waals surface area (Å²) in [6, 6.07) is 5.87. The molecule has 0 aliphatic rings. The van der Waals surface area contributed by atoms with Crippen LogP contribution in [0, 0.1) is 6.92 Å². The summed E-state index contributed by atoms with van der Waals surface area (Å²) in [7, 11) is -3.24. The quantitative estimate of drug-likeness (QED) is 0.929. The van der Waals surface area contributed by atoms with Gasteiger partial charge in [-0.25, -0.2) is 13.4 Å². The number of nitrogens with one attached hydrogen (secondary N) is 1. The zero-order chi connectivity index (χ0) is 12.5. The number of aromatic nitrogens is 1. The number of anilines is 1. The molecule has 1 N–H and O–H groups in total. The Morgan fingerprint density at radius 2 is 2.18 bits per heavy atom. The lowest BCUT2D eigenvalue weighted by atomic mass is 10.2. The Labute approximate surface area is 105 Å². The van der Waals surface area contributed by atoms with E-state index in [1.54, 1.807) is 0 Å². The second kappa shape index (κ2) is 4.62. The standard InChI is InChI=1S/C11H14N2O2S2/c1-3-6-17(14,15)13-11-12-9-5-4-8(2)7-10(9)16-11/h4-5,7H,3,6H2,1-2H3,(H,12,13). The molecule has 0 saturated heterocycles. The average molecular weight is 270 g/mol. The van der Waals surface area contributed by atoms with Crippen LogP contribution in [0.2, 0.25) is 0 Å². The van der Waals surface area contributed by atoms with Gasteiger partial charge in [0.05, 0.1) is 16.0 Å². The van der Waals surface area contributed by atoms with Gasteiger partial charge in [0.15, 0.2) is 5.13 Å². The molecule has 0 amide bonds. The van der Waals surface area contributed by atoms with Gasteiger partial charge in [-0.1, -0.05) is 24.3 Å². The van der Waals surface area contributed by atoms with Gasteiger partial charge < -0.3 is 0 Å². The van der Waals surface area contributed by atoms with E-state index in [1.807, 2.05) is 32.0 Å². The number of hydrogen-bond donors (Lipinski definition) is 1. The Morgan fingerprint density at radius 3 is 2.88 bits per heavy atom. The minimum Gasteiger partial charge on any atom is -0.259 e. The zero-order valence-electron chi connectivity index (χ0n) is 9.73. The van der Waals surface area contributed by atoms with Crippen LogP contribution in [0.3, 0.4) is 0 Å². The summed E-state index contributed by atoms with van der Waals surface area (Å²) >= 11 is 1.36. The summed E-state index contributed by atoms with van der Waals surface area (Å²) in [6.45, 7) is 3.83. The number of sulfonamides is 1. The highest BCUT2D eigenvalue weighted by molar-refractivity contribution is 7.92. The van der Waals surface area contributed by atoms with Crippen molar-refractivity contribution in [3.05, 3.63) is 23.8 Å². The fourth-order valence-corrected chi connectivity index (χ4v) is 3.84. The van der Waals surface area contributed by atoms with Crippen molar-refractivity contribution in [2.24, 2.45) is 0 Å². The number of rotatable bonds is 4. The lowest BCUT2D eigenvalue weighted by Crippen LogP contribution is -2.15. The van der Waals surface area contributed by atoms with E-state index in [9.17, 15) is 8.42 Å². The third kappa shape index (κ3) is 2.95. The van der Waals surface area contributed by atoms with Crippen LogP contribution in [0.5, 0.6) is 0 Å². The molecule has 0 aliphatic heterocycles. The number of aryl methyl sites for hydroxylation is 1. The van der Waals surface area contributed by atoms with Gasteiger partial charge >= 0.3 is 0 Å².